The number of nitrogens with zero attached hydrogens (tertiary/aromatic N) is 1. The van der Waals surface area contributed by atoms with E-state index in [9.17, 15) is 13.2 Å². The lowest BCUT2D eigenvalue weighted by Gasteiger charge is -2.21. The van der Waals surface area contributed by atoms with Crippen LogP contribution in [0.15, 0.2) is 29.2 Å². The quantitative estimate of drug-likeness (QED) is 0.415. The fourth-order valence-electron chi connectivity index (χ4n) is 2.12. The third-order valence-electron chi connectivity index (χ3n) is 3.28. The first kappa shape index (κ1) is 19.4. The van der Waals surface area contributed by atoms with Gasteiger partial charge in [-0.15, -0.1) is 0 Å². The summed E-state index contributed by atoms with van der Waals surface area (Å²) in [6.07, 6.45) is 3.12. The van der Waals surface area contributed by atoms with E-state index >= 15 is 0 Å². The van der Waals surface area contributed by atoms with Crippen LogP contribution in [0.2, 0.25) is 0 Å². The van der Waals surface area contributed by atoms with Crippen molar-refractivity contribution in [3.8, 4) is 11.8 Å². The number of carbonyl (C=O) groups is 1. The number of sulfonamides is 1. The van der Waals surface area contributed by atoms with E-state index in [1.54, 1.807) is 0 Å². The van der Waals surface area contributed by atoms with Crippen LogP contribution in [0.4, 0.5) is 0 Å². The molecule has 0 atom stereocenters. The zero-order valence-electron chi connectivity index (χ0n) is 14.1. The van der Waals surface area contributed by atoms with Gasteiger partial charge in [-0.2, -0.15) is 4.31 Å². The van der Waals surface area contributed by atoms with Crippen molar-refractivity contribution in [1.29, 1.82) is 0 Å². The second-order valence-corrected chi connectivity index (χ2v) is 7.25. The first-order valence-corrected chi connectivity index (χ1v) is 9.54. The van der Waals surface area contributed by atoms with Crippen molar-refractivity contribution in [2.75, 3.05) is 13.1 Å². The monoisotopic (exact) mass is 335 g/mol. The summed E-state index contributed by atoms with van der Waals surface area (Å²) in [5.74, 6) is 5.10. The normalized spacial score (nSPS) is 11.1. The predicted molar refractivity (Wildman–Crippen MR) is 92.8 cm³/mol. The molecule has 23 heavy (non-hydrogen) atoms. The molecule has 0 heterocycles. The van der Waals surface area contributed by atoms with Gasteiger partial charge in [-0.3, -0.25) is 4.79 Å². The Morgan fingerprint density at radius 2 is 1.57 bits per heavy atom. The number of unbranched alkanes of at least 4 members (excludes halogenated alkanes) is 1. The summed E-state index contributed by atoms with van der Waals surface area (Å²) in [6.45, 7) is 6.90. The minimum Gasteiger partial charge on any atom is -0.279 e. The Balaban J connectivity index is 2.98. The number of ketones is 1. The standard InChI is InChI=1S/C18H25NO3S/c1-4-7-8-9-18(20)16-10-12-17(13-11-16)23(21,22)19(14-5-2)15-6-3/h10-13H,4-7,14-15H2,1-3H3. The van der Waals surface area contributed by atoms with E-state index in [0.717, 1.165) is 19.3 Å². The van der Waals surface area contributed by atoms with Crippen molar-refractivity contribution in [1.82, 2.24) is 4.31 Å². The van der Waals surface area contributed by atoms with Gasteiger partial charge in [0.2, 0.25) is 15.8 Å². The predicted octanol–water partition coefficient (Wildman–Crippen LogP) is 3.48. The molecule has 1 aromatic rings. The third kappa shape index (κ3) is 5.49. The molecule has 0 saturated carbocycles. The lowest BCUT2D eigenvalue weighted by atomic mass is 10.1. The minimum atomic E-state index is -3.50. The largest absolute Gasteiger partial charge is 0.279 e. The molecule has 0 bridgehead atoms. The summed E-state index contributed by atoms with van der Waals surface area (Å²) in [7, 11) is -3.50. The molecule has 1 aromatic carbocycles. The fraction of sp³-hybridized carbons (Fsp3) is 0.500. The molecule has 0 aliphatic heterocycles. The molecule has 5 heteroatoms. The Bertz CT molecular complexity index is 660. The van der Waals surface area contributed by atoms with E-state index in [4.69, 9.17) is 0 Å². The van der Waals surface area contributed by atoms with E-state index in [1.165, 1.54) is 28.6 Å². The number of benzene rings is 1. The summed E-state index contributed by atoms with van der Waals surface area (Å²) in [5.41, 5.74) is 0.421. The molecule has 0 aliphatic rings. The fourth-order valence-corrected chi connectivity index (χ4v) is 3.74. The van der Waals surface area contributed by atoms with E-state index in [2.05, 4.69) is 11.8 Å². The summed E-state index contributed by atoms with van der Waals surface area (Å²) < 4.78 is 26.7. The van der Waals surface area contributed by atoms with Crippen LogP contribution >= 0.6 is 0 Å². The van der Waals surface area contributed by atoms with Gasteiger partial charge in [-0.05, 0) is 49.4 Å². The van der Waals surface area contributed by atoms with Gasteiger partial charge in [0.1, 0.15) is 0 Å². The van der Waals surface area contributed by atoms with Gasteiger partial charge in [0, 0.05) is 25.1 Å². The lowest BCUT2D eigenvalue weighted by Crippen LogP contribution is -2.32. The van der Waals surface area contributed by atoms with Crippen LogP contribution in [0.25, 0.3) is 0 Å². The first-order chi connectivity index (χ1) is 11.0. The summed E-state index contributed by atoms with van der Waals surface area (Å²) >= 11 is 0. The molecular weight excluding hydrogens is 310 g/mol. The van der Waals surface area contributed by atoms with Crippen LogP contribution in [0.5, 0.6) is 0 Å². The highest BCUT2D eigenvalue weighted by atomic mass is 32.2. The van der Waals surface area contributed by atoms with Crippen molar-refractivity contribution in [3.05, 3.63) is 29.8 Å². The highest BCUT2D eigenvalue weighted by molar-refractivity contribution is 7.89. The zero-order valence-corrected chi connectivity index (χ0v) is 14.9. The summed E-state index contributed by atoms with van der Waals surface area (Å²) in [5, 5.41) is 0. The highest BCUT2D eigenvalue weighted by Gasteiger charge is 2.23. The second kappa shape index (κ2) is 9.49. The van der Waals surface area contributed by atoms with Crippen molar-refractivity contribution in [2.24, 2.45) is 0 Å². The Kier molecular flexibility index (Phi) is 8.01. The number of Topliss-reactive ketones (excluding diaryl/α,β-unsaturated/α-hetero) is 1. The summed E-state index contributed by atoms with van der Waals surface area (Å²) in [4.78, 5) is 12.1. The molecule has 126 valence electrons. The van der Waals surface area contributed by atoms with E-state index in [1.807, 2.05) is 20.8 Å². The first-order valence-electron chi connectivity index (χ1n) is 8.10. The zero-order chi connectivity index (χ0) is 17.3. The number of rotatable bonds is 8. The van der Waals surface area contributed by atoms with Gasteiger partial charge < -0.3 is 0 Å². The van der Waals surface area contributed by atoms with Crippen LogP contribution in [0, 0.1) is 11.8 Å². The second-order valence-electron chi connectivity index (χ2n) is 5.31. The molecule has 0 amide bonds. The maximum absolute atomic E-state index is 12.6. The molecule has 0 fully saturated rings. The van der Waals surface area contributed by atoms with Crippen molar-refractivity contribution < 1.29 is 13.2 Å². The molecule has 0 aliphatic carbocycles. The molecule has 0 aromatic heterocycles. The lowest BCUT2D eigenvalue weighted by molar-refractivity contribution is 0.105. The average molecular weight is 335 g/mol. The number of hydrogen-bond acceptors (Lipinski definition) is 3. The Morgan fingerprint density at radius 3 is 2.04 bits per heavy atom. The maximum Gasteiger partial charge on any atom is 0.243 e. The molecule has 0 N–H and O–H groups in total. The van der Waals surface area contributed by atoms with E-state index in [0.29, 0.717) is 25.1 Å². The van der Waals surface area contributed by atoms with Crippen LogP contribution in [-0.4, -0.2) is 31.6 Å². The van der Waals surface area contributed by atoms with Gasteiger partial charge in [0.25, 0.3) is 0 Å². The van der Waals surface area contributed by atoms with Crippen molar-refractivity contribution in [3.63, 3.8) is 0 Å². The SMILES string of the molecule is CCCC#CC(=O)c1ccc(S(=O)(=O)N(CCC)CCC)cc1. The Hall–Kier alpha value is -1.64. The van der Waals surface area contributed by atoms with Gasteiger partial charge in [-0.1, -0.05) is 26.7 Å². The van der Waals surface area contributed by atoms with E-state index < -0.39 is 10.0 Å². The van der Waals surface area contributed by atoms with Gasteiger partial charge in [0.15, 0.2) is 0 Å². The van der Waals surface area contributed by atoms with Crippen LogP contribution in [-0.2, 0) is 10.0 Å². The molecule has 4 nitrogen and oxygen atoms in total. The Morgan fingerprint density at radius 1 is 1.00 bits per heavy atom. The summed E-state index contributed by atoms with van der Waals surface area (Å²) in [6, 6.07) is 6.04. The maximum atomic E-state index is 12.6. The number of hydrogen-bond donors (Lipinski definition) is 0. The smallest absolute Gasteiger partial charge is 0.243 e. The van der Waals surface area contributed by atoms with Crippen LogP contribution in [0.3, 0.4) is 0 Å². The van der Waals surface area contributed by atoms with Crippen molar-refractivity contribution in [2.45, 2.75) is 51.3 Å². The van der Waals surface area contributed by atoms with Crippen molar-refractivity contribution >= 4 is 15.8 Å². The molecule has 0 unspecified atom stereocenters. The molecule has 0 saturated heterocycles. The average Bonchev–Trinajstić information content (AvgIpc) is 2.55. The molecule has 1 rings (SSSR count). The number of carbonyl (C=O) groups excluding carboxylic acids is 1. The topological polar surface area (TPSA) is 54.5 Å². The van der Waals surface area contributed by atoms with E-state index in [-0.39, 0.29) is 10.7 Å². The molecule has 0 radical (unpaired) electrons. The minimum absolute atomic E-state index is 0.220. The molecule has 0 spiro atoms. The molecular formula is C18H25NO3S. The third-order valence-corrected chi connectivity index (χ3v) is 5.19. The van der Waals surface area contributed by atoms with Gasteiger partial charge in [-0.25, -0.2) is 8.42 Å². The van der Waals surface area contributed by atoms with Crippen LogP contribution in [0.1, 0.15) is 56.8 Å². The van der Waals surface area contributed by atoms with Gasteiger partial charge >= 0.3 is 0 Å². The van der Waals surface area contributed by atoms with Gasteiger partial charge in [0.05, 0.1) is 4.90 Å². The highest BCUT2D eigenvalue weighted by Crippen LogP contribution is 2.17. The van der Waals surface area contributed by atoms with Crippen LogP contribution < -0.4 is 0 Å². The Labute approximate surface area is 139 Å².